The third-order valence-electron chi connectivity index (χ3n) is 2.80. The second-order valence-corrected chi connectivity index (χ2v) is 5.50. The molecule has 0 aromatic rings. The van der Waals surface area contributed by atoms with Crippen molar-refractivity contribution in [2.75, 3.05) is 13.1 Å². The third-order valence-corrected chi connectivity index (χ3v) is 2.80. The predicted molar refractivity (Wildman–Crippen MR) is 59.1 cm³/mol. The van der Waals surface area contributed by atoms with E-state index >= 15 is 0 Å². The molecule has 1 fully saturated rings. The Morgan fingerprint density at radius 2 is 1.71 bits per heavy atom. The van der Waals surface area contributed by atoms with E-state index in [1.165, 1.54) is 19.3 Å². The van der Waals surface area contributed by atoms with Gasteiger partial charge in [0.25, 0.3) is 0 Å². The highest BCUT2D eigenvalue weighted by molar-refractivity contribution is 5.76. The minimum absolute atomic E-state index is 0.283. The van der Waals surface area contributed by atoms with Crippen LogP contribution in [0.5, 0.6) is 0 Å². The fourth-order valence-electron chi connectivity index (χ4n) is 1.78. The van der Waals surface area contributed by atoms with Crippen LogP contribution >= 0.6 is 0 Å². The van der Waals surface area contributed by atoms with Crippen LogP contribution in [-0.4, -0.2) is 23.9 Å². The zero-order valence-electron chi connectivity index (χ0n) is 9.81. The van der Waals surface area contributed by atoms with Crippen molar-refractivity contribution in [3.63, 3.8) is 0 Å². The average molecular weight is 197 g/mol. The summed E-state index contributed by atoms with van der Waals surface area (Å²) in [6.07, 6.45) is 5.41. The van der Waals surface area contributed by atoms with Crippen LogP contribution < -0.4 is 0 Å². The molecule has 2 nitrogen and oxygen atoms in total. The number of rotatable bonds is 2. The molecule has 1 saturated heterocycles. The fourth-order valence-corrected chi connectivity index (χ4v) is 1.78. The Bertz CT molecular complexity index is 187. The summed E-state index contributed by atoms with van der Waals surface area (Å²) in [4.78, 5) is 13.8. The van der Waals surface area contributed by atoms with Crippen molar-refractivity contribution in [1.29, 1.82) is 0 Å². The van der Waals surface area contributed by atoms with Crippen LogP contribution in [0.25, 0.3) is 0 Å². The first-order valence-corrected chi connectivity index (χ1v) is 5.77. The van der Waals surface area contributed by atoms with Gasteiger partial charge in [-0.3, -0.25) is 4.79 Å². The summed E-state index contributed by atoms with van der Waals surface area (Å²) < 4.78 is 0. The van der Waals surface area contributed by atoms with Crippen LogP contribution in [0, 0.1) is 5.41 Å². The molecule has 1 aliphatic rings. The highest BCUT2D eigenvalue weighted by Gasteiger charge is 2.18. The number of nitrogens with zero attached hydrogens (tertiary/aromatic N) is 1. The molecule has 0 N–H and O–H groups in total. The average Bonchev–Trinajstić information content (AvgIpc) is 2.14. The van der Waals surface area contributed by atoms with Crippen LogP contribution in [0.1, 0.15) is 52.9 Å². The molecular formula is C12H23NO. The van der Waals surface area contributed by atoms with E-state index in [1.807, 2.05) is 4.90 Å². The summed E-state index contributed by atoms with van der Waals surface area (Å²) in [6.45, 7) is 8.55. The van der Waals surface area contributed by atoms with Crippen molar-refractivity contribution >= 4 is 5.91 Å². The largest absolute Gasteiger partial charge is 0.343 e. The molecule has 0 aliphatic carbocycles. The topological polar surface area (TPSA) is 20.3 Å². The quantitative estimate of drug-likeness (QED) is 0.666. The maximum atomic E-state index is 11.8. The standard InChI is InChI=1S/C12H23NO/c1-12(2,3)8-7-11(14)13-9-5-4-6-10-13/h4-10H2,1-3H3. The fraction of sp³-hybridized carbons (Fsp3) is 0.917. The lowest BCUT2D eigenvalue weighted by molar-refractivity contribution is -0.132. The maximum Gasteiger partial charge on any atom is 0.222 e. The van der Waals surface area contributed by atoms with Gasteiger partial charge in [0, 0.05) is 19.5 Å². The summed E-state index contributed by atoms with van der Waals surface area (Å²) in [5, 5.41) is 0. The van der Waals surface area contributed by atoms with Gasteiger partial charge < -0.3 is 4.90 Å². The van der Waals surface area contributed by atoms with E-state index in [1.54, 1.807) is 0 Å². The molecular weight excluding hydrogens is 174 g/mol. The molecule has 0 unspecified atom stereocenters. The monoisotopic (exact) mass is 197 g/mol. The van der Waals surface area contributed by atoms with Gasteiger partial charge >= 0.3 is 0 Å². The lowest BCUT2D eigenvalue weighted by atomic mass is 9.90. The lowest BCUT2D eigenvalue weighted by Crippen LogP contribution is -2.35. The zero-order valence-corrected chi connectivity index (χ0v) is 9.81. The number of carbonyl (C=O) groups excluding carboxylic acids is 1. The Labute approximate surface area is 87.7 Å². The predicted octanol–water partition coefficient (Wildman–Crippen LogP) is 2.83. The normalized spacial score (nSPS) is 18.4. The van der Waals surface area contributed by atoms with E-state index in [0.717, 1.165) is 25.9 Å². The van der Waals surface area contributed by atoms with Crippen molar-refractivity contribution in [3.05, 3.63) is 0 Å². The van der Waals surface area contributed by atoms with E-state index in [4.69, 9.17) is 0 Å². The van der Waals surface area contributed by atoms with Gasteiger partial charge in [-0.25, -0.2) is 0 Å². The van der Waals surface area contributed by atoms with Gasteiger partial charge in [-0.2, -0.15) is 0 Å². The van der Waals surface area contributed by atoms with E-state index in [9.17, 15) is 4.79 Å². The van der Waals surface area contributed by atoms with Gasteiger partial charge in [0.15, 0.2) is 0 Å². The third kappa shape index (κ3) is 4.12. The maximum absolute atomic E-state index is 11.8. The Morgan fingerprint density at radius 1 is 1.14 bits per heavy atom. The number of amides is 1. The molecule has 1 rings (SSSR count). The second-order valence-electron chi connectivity index (χ2n) is 5.50. The van der Waals surface area contributed by atoms with Gasteiger partial charge in [0.05, 0.1) is 0 Å². The number of piperidine rings is 1. The number of carbonyl (C=O) groups is 1. The zero-order chi connectivity index (χ0) is 10.6. The van der Waals surface area contributed by atoms with Crippen molar-refractivity contribution < 1.29 is 4.79 Å². The second kappa shape index (κ2) is 4.81. The molecule has 0 aromatic heterocycles. The van der Waals surface area contributed by atoms with Gasteiger partial charge in [-0.05, 0) is 31.1 Å². The van der Waals surface area contributed by atoms with Gasteiger partial charge in [-0.1, -0.05) is 20.8 Å². The van der Waals surface area contributed by atoms with Crippen LogP contribution in [0.15, 0.2) is 0 Å². The van der Waals surface area contributed by atoms with Crippen molar-refractivity contribution in [1.82, 2.24) is 4.90 Å². The molecule has 0 bridgehead atoms. The van der Waals surface area contributed by atoms with E-state index in [0.29, 0.717) is 5.91 Å². The van der Waals surface area contributed by atoms with Gasteiger partial charge in [0.2, 0.25) is 5.91 Å². The van der Waals surface area contributed by atoms with Crippen molar-refractivity contribution in [3.8, 4) is 0 Å². The lowest BCUT2D eigenvalue weighted by Gasteiger charge is -2.28. The van der Waals surface area contributed by atoms with Crippen LogP contribution in [0.4, 0.5) is 0 Å². The highest BCUT2D eigenvalue weighted by atomic mass is 16.2. The molecule has 82 valence electrons. The number of hydrogen-bond donors (Lipinski definition) is 0. The Kier molecular flexibility index (Phi) is 3.97. The molecule has 0 radical (unpaired) electrons. The highest BCUT2D eigenvalue weighted by Crippen LogP contribution is 2.21. The van der Waals surface area contributed by atoms with Crippen LogP contribution in [0.3, 0.4) is 0 Å². The first kappa shape index (κ1) is 11.5. The molecule has 0 spiro atoms. The summed E-state index contributed by atoms with van der Waals surface area (Å²) in [5.74, 6) is 0.361. The minimum Gasteiger partial charge on any atom is -0.343 e. The summed E-state index contributed by atoms with van der Waals surface area (Å²) >= 11 is 0. The van der Waals surface area contributed by atoms with Gasteiger partial charge in [-0.15, -0.1) is 0 Å². The summed E-state index contributed by atoms with van der Waals surface area (Å²) in [6, 6.07) is 0. The Balaban J connectivity index is 2.27. The molecule has 0 saturated carbocycles. The summed E-state index contributed by atoms with van der Waals surface area (Å²) in [5.41, 5.74) is 0.283. The molecule has 0 aromatic carbocycles. The van der Waals surface area contributed by atoms with Gasteiger partial charge in [0.1, 0.15) is 0 Å². The molecule has 1 heterocycles. The van der Waals surface area contributed by atoms with Crippen molar-refractivity contribution in [2.24, 2.45) is 5.41 Å². The molecule has 2 heteroatoms. The van der Waals surface area contributed by atoms with Crippen LogP contribution in [0.2, 0.25) is 0 Å². The van der Waals surface area contributed by atoms with E-state index in [2.05, 4.69) is 20.8 Å². The minimum atomic E-state index is 0.283. The van der Waals surface area contributed by atoms with E-state index in [-0.39, 0.29) is 5.41 Å². The Morgan fingerprint density at radius 3 is 2.21 bits per heavy atom. The first-order valence-electron chi connectivity index (χ1n) is 5.77. The molecule has 14 heavy (non-hydrogen) atoms. The molecule has 1 amide bonds. The molecule has 1 aliphatic heterocycles. The molecule has 0 atom stereocenters. The summed E-state index contributed by atoms with van der Waals surface area (Å²) in [7, 11) is 0. The van der Waals surface area contributed by atoms with Crippen LogP contribution in [-0.2, 0) is 4.79 Å². The van der Waals surface area contributed by atoms with E-state index < -0.39 is 0 Å². The number of likely N-dealkylation sites (tertiary alicyclic amines) is 1. The number of hydrogen-bond acceptors (Lipinski definition) is 1. The SMILES string of the molecule is CC(C)(C)CCC(=O)N1CCCCC1. The first-order chi connectivity index (χ1) is 6.49. The van der Waals surface area contributed by atoms with Crippen molar-refractivity contribution in [2.45, 2.75) is 52.9 Å². The smallest absolute Gasteiger partial charge is 0.222 e. The Hall–Kier alpha value is -0.530.